The van der Waals surface area contributed by atoms with Gasteiger partial charge in [0.25, 0.3) is 0 Å². The molecule has 0 saturated heterocycles. The molecule has 2 rings (SSSR count). The van der Waals surface area contributed by atoms with Crippen molar-refractivity contribution in [2.45, 2.75) is 32.2 Å². The molecule has 0 saturated carbocycles. The summed E-state index contributed by atoms with van der Waals surface area (Å²) >= 11 is 1.61. The number of nitrogens with zero attached hydrogens (tertiary/aromatic N) is 1. The van der Waals surface area contributed by atoms with Crippen molar-refractivity contribution in [3.8, 4) is 0 Å². The fourth-order valence-corrected chi connectivity index (χ4v) is 2.71. The van der Waals surface area contributed by atoms with Gasteiger partial charge in [0.1, 0.15) is 0 Å². The van der Waals surface area contributed by atoms with Crippen molar-refractivity contribution in [1.82, 2.24) is 15.6 Å². The van der Waals surface area contributed by atoms with E-state index in [1.807, 2.05) is 30.5 Å². The van der Waals surface area contributed by atoms with E-state index >= 15 is 0 Å². The lowest BCUT2D eigenvalue weighted by molar-refractivity contribution is 0.236. The SMILES string of the molecule is C[C@H](c1ccccc1)[C@@H](C)NC(=O)NCCc1nccs1. The van der Waals surface area contributed by atoms with Gasteiger partial charge in [0.15, 0.2) is 0 Å². The maximum atomic E-state index is 11.9. The van der Waals surface area contributed by atoms with Gasteiger partial charge in [-0.1, -0.05) is 37.3 Å². The van der Waals surface area contributed by atoms with Crippen LogP contribution < -0.4 is 10.6 Å². The number of thiazole rings is 1. The number of benzene rings is 1. The summed E-state index contributed by atoms with van der Waals surface area (Å²) in [5.41, 5.74) is 1.23. The normalized spacial score (nSPS) is 13.4. The van der Waals surface area contributed by atoms with E-state index in [1.165, 1.54) is 5.56 Å². The maximum Gasteiger partial charge on any atom is 0.315 e. The molecule has 2 atom stereocenters. The van der Waals surface area contributed by atoms with Crippen LogP contribution in [0, 0.1) is 0 Å². The summed E-state index contributed by atoms with van der Waals surface area (Å²) in [6.07, 6.45) is 2.55. The summed E-state index contributed by atoms with van der Waals surface area (Å²) < 4.78 is 0. The monoisotopic (exact) mass is 303 g/mol. The quantitative estimate of drug-likeness (QED) is 0.861. The number of nitrogens with one attached hydrogen (secondary N) is 2. The number of hydrogen-bond acceptors (Lipinski definition) is 3. The minimum absolute atomic E-state index is 0.0762. The second kappa shape index (κ2) is 7.78. The Morgan fingerprint density at radius 2 is 2.05 bits per heavy atom. The molecule has 1 aromatic carbocycles. The molecular weight excluding hydrogens is 282 g/mol. The average Bonchev–Trinajstić information content (AvgIpc) is 3.00. The van der Waals surface area contributed by atoms with Crippen molar-refractivity contribution < 1.29 is 4.79 Å². The van der Waals surface area contributed by atoms with Gasteiger partial charge in [0.05, 0.1) is 5.01 Å². The van der Waals surface area contributed by atoms with Crippen molar-refractivity contribution in [2.24, 2.45) is 0 Å². The Bertz CT molecular complexity index is 542. The van der Waals surface area contributed by atoms with Crippen LogP contribution in [0.5, 0.6) is 0 Å². The molecule has 112 valence electrons. The number of urea groups is 1. The number of carbonyl (C=O) groups excluding carboxylic acids is 1. The second-order valence-electron chi connectivity index (χ2n) is 5.06. The Labute approximate surface area is 129 Å². The standard InChI is InChI=1S/C16H21N3OS/c1-12(14-6-4-3-5-7-14)13(2)19-16(20)18-9-8-15-17-10-11-21-15/h3-7,10-13H,8-9H2,1-2H3,(H2,18,19,20)/t12-,13+/m0/s1. The molecule has 21 heavy (non-hydrogen) atoms. The number of rotatable bonds is 6. The number of amides is 2. The molecule has 2 amide bonds. The molecule has 0 radical (unpaired) electrons. The van der Waals surface area contributed by atoms with Gasteiger partial charge in [-0.05, 0) is 12.5 Å². The Hall–Kier alpha value is -1.88. The van der Waals surface area contributed by atoms with Gasteiger partial charge in [-0.3, -0.25) is 0 Å². The zero-order chi connectivity index (χ0) is 15.1. The first-order valence-electron chi connectivity index (χ1n) is 7.14. The highest BCUT2D eigenvalue weighted by Crippen LogP contribution is 2.18. The largest absolute Gasteiger partial charge is 0.338 e. The topological polar surface area (TPSA) is 54.0 Å². The highest BCUT2D eigenvalue weighted by Gasteiger charge is 2.16. The molecule has 0 spiro atoms. The predicted octanol–water partition coefficient (Wildman–Crippen LogP) is 3.18. The van der Waals surface area contributed by atoms with Crippen LogP contribution in [0.15, 0.2) is 41.9 Å². The van der Waals surface area contributed by atoms with Crippen LogP contribution in [0.1, 0.15) is 30.3 Å². The summed E-state index contributed by atoms with van der Waals surface area (Å²) in [5.74, 6) is 0.274. The molecule has 0 unspecified atom stereocenters. The molecule has 4 nitrogen and oxygen atoms in total. The Morgan fingerprint density at radius 1 is 1.29 bits per heavy atom. The van der Waals surface area contributed by atoms with Gasteiger partial charge >= 0.3 is 6.03 Å². The smallest absolute Gasteiger partial charge is 0.315 e. The molecule has 0 aliphatic heterocycles. The number of aromatic nitrogens is 1. The van der Waals surface area contributed by atoms with Crippen LogP contribution in [0.3, 0.4) is 0 Å². The van der Waals surface area contributed by atoms with Crippen LogP contribution in [0.4, 0.5) is 4.79 Å². The third-order valence-electron chi connectivity index (χ3n) is 3.54. The van der Waals surface area contributed by atoms with E-state index in [0.717, 1.165) is 11.4 Å². The summed E-state index contributed by atoms with van der Waals surface area (Å²) in [4.78, 5) is 16.1. The van der Waals surface area contributed by atoms with E-state index in [-0.39, 0.29) is 18.0 Å². The highest BCUT2D eigenvalue weighted by molar-refractivity contribution is 7.09. The minimum Gasteiger partial charge on any atom is -0.338 e. The Morgan fingerprint density at radius 3 is 2.71 bits per heavy atom. The molecule has 2 N–H and O–H groups in total. The maximum absolute atomic E-state index is 11.9. The van der Waals surface area contributed by atoms with Gasteiger partial charge in [0.2, 0.25) is 0 Å². The van der Waals surface area contributed by atoms with E-state index in [0.29, 0.717) is 6.54 Å². The molecule has 0 aliphatic carbocycles. The molecule has 2 aromatic rings. The van der Waals surface area contributed by atoms with Crippen LogP contribution in [-0.2, 0) is 6.42 Å². The van der Waals surface area contributed by atoms with Gasteiger partial charge < -0.3 is 10.6 Å². The molecule has 0 fully saturated rings. The molecule has 0 aliphatic rings. The van der Waals surface area contributed by atoms with Gasteiger partial charge in [-0.2, -0.15) is 0 Å². The van der Waals surface area contributed by atoms with Gasteiger partial charge in [-0.15, -0.1) is 11.3 Å². The Balaban J connectivity index is 1.74. The van der Waals surface area contributed by atoms with Crippen LogP contribution in [0.25, 0.3) is 0 Å². The van der Waals surface area contributed by atoms with Crippen molar-refractivity contribution >= 4 is 17.4 Å². The molecular formula is C16H21N3OS. The minimum atomic E-state index is -0.123. The van der Waals surface area contributed by atoms with Crippen LogP contribution in [-0.4, -0.2) is 23.6 Å². The van der Waals surface area contributed by atoms with E-state index < -0.39 is 0 Å². The summed E-state index contributed by atoms with van der Waals surface area (Å²) in [5, 5.41) is 8.85. The van der Waals surface area contributed by atoms with Crippen LogP contribution >= 0.6 is 11.3 Å². The predicted molar refractivity (Wildman–Crippen MR) is 86.7 cm³/mol. The lowest BCUT2D eigenvalue weighted by Crippen LogP contribution is -2.43. The first-order valence-corrected chi connectivity index (χ1v) is 8.02. The first-order chi connectivity index (χ1) is 10.2. The fraction of sp³-hybridized carbons (Fsp3) is 0.375. The zero-order valence-corrected chi connectivity index (χ0v) is 13.2. The van der Waals surface area contributed by atoms with E-state index in [2.05, 4.69) is 34.7 Å². The molecule has 1 heterocycles. The number of hydrogen-bond donors (Lipinski definition) is 2. The van der Waals surface area contributed by atoms with Gasteiger partial charge in [-0.25, -0.2) is 9.78 Å². The molecule has 1 aromatic heterocycles. The first kappa shape index (κ1) is 15.5. The molecule has 5 heteroatoms. The van der Waals surface area contributed by atoms with Crippen molar-refractivity contribution in [3.05, 3.63) is 52.5 Å². The fourth-order valence-electron chi connectivity index (χ4n) is 2.09. The van der Waals surface area contributed by atoms with Crippen molar-refractivity contribution in [3.63, 3.8) is 0 Å². The lowest BCUT2D eigenvalue weighted by Gasteiger charge is -2.22. The van der Waals surface area contributed by atoms with E-state index in [1.54, 1.807) is 17.5 Å². The third kappa shape index (κ3) is 4.86. The highest BCUT2D eigenvalue weighted by atomic mass is 32.1. The van der Waals surface area contributed by atoms with Crippen molar-refractivity contribution in [2.75, 3.05) is 6.54 Å². The summed E-state index contributed by atoms with van der Waals surface area (Å²) in [6, 6.07) is 10.2. The van der Waals surface area contributed by atoms with E-state index in [9.17, 15) is 4.79 Å². The van der Waals surface area contributed by atoms with E-state index in [4.69, 9.17) is 0 Å². The Kier molecular flexibility index (Phi) is 5.75. The zero-order valence-electron chi connectivity index (χ0n) is 12.4. The third-order valence-corrected chi connectivity index (χ3v) is 4.38. The van der Waals surface area contributed by atoms with Crippen LogP contribution in [0.2, 0.25) is 0 Å². The summed E-state index contributed by atoms with van der Waals surface area (Å²) in [6.45, 7) is 4.75. The van der Waals surface area contributed by atoms with Gasteiger partial charge in [0, 0.05) is 36.5 Å². The summed E-state index contributed by atoms with van der Waals surface area (Å²) in [7, 11) is 0. The lowest BCUT2D eigenvalue weighted by atomic mass is 9.95. The second-order valence-corrected chi connectivity index (χ2v) is 6.04. The molecule has 0 bridgehead atoms. The average molecular weight is 303 g/mol. The van der Waals surface area contributed by atoms with Crippen molar-refractivity contribution in [1.29, 1.82) is 0 Å². The number of carbonyl (C=O) groups is 1.